The Balaban J connectivity index is 1.43. The molecular weight excluding hydrogens is 498 g/mol. The van der Waals surface area contributed by atoms with E-state index in [-0.39, 0.29) is 17.8 Å². The Bertz CT molecular complexity index is 2390. The number of para-hydroxylation sites is 3. The third-order valence-electron chi connectivity index (χ3n) is 7.45. The van der Waals surface area contributed by atoms with Crippen LogP contribution in [0.1, 0.15) is 6.85 Å². The van der Waals surface area contributed by atoms with Crippen molar-refractivity contribution in [1.82, 2.24) is 14.5 Å². The van der Waals surface area contributed by atoms with Crippen molar-refractivity contribution >= 4 is 33.1 Å². The Kier molecular flexibility index (Phi) is 4.37. The summed E-state index contributed by atoms with van der Waals surface area (Å²) in [5.74, 6) is 0. The Morgan fingerprint density at radius 2 is 1.05 bits per heavy atom. The fourth-order valence-corrected chi connectivity index (χ4v) is 5.51. The SMILES string of the molecule is [2H]c1c([2H])c([2H])c(-n2c3ccc(-c4cc(-c5ccccc5)cc(-c5ccccc5)c4)cc3c3nc4ccccc4nc32)c([2H])c1[2H]. The molecule has 0 saturated carbocycles. The van der Waals surface area contributed by atoms with Crippen molar-refractivity contribution in [3.63, 3.8) is 0 Å². The third-order valence-corrected chi connectivity index (χ3v) is 7.45. The van der Waals surface area contributed by atoms with Crippen molar-refractivity contribution in [3.05, 3.63) is 152 Å². The number of rotatable bonds is 4. The van der Waals surface area contributed by atoms with E-state index in [1.54, 1.807) is 4.57 Å². The molecule has 8 rings (SSSR count). The molecule has 0 aliphatic carbocycles. The molecule has 0 fully saturated rings. The molecule has 0 amide bonds. The fourth-order valence-electron chi connectivity index (χ4n) is 5.51. The Hall–Kier alpha value is -5.54. The van der Waals surface area contributed by atoms with Crippen LogP contribution in [0.15, 0.2) is 152 Å². The van der Waals surface area contributed by atoms with E-state index in [1.807, 2.05) is 72.8 Å². The minimum absolute atomic E-state index is 0.0424. The van der Waals surface area contributed by atoms with Gasteiger partial charge in [-0.15, -0.1) is 0 Å². The van der Waals surface area contributed by atoms with E-state index in [1.165, 1.54) is 0 Å². The lowest BCUT2D eigenvalue weighted by Gasteiger charge is -2.12. The molecule has 0 aliphatic rings. The van der Waals surface area contributed by atoms with E-state index in [0.29, 0.717) is 27.7 Å². The summed E-state index contributed by atoms with van der Waals surface area (Å²) < 4.78 is 44.1. The molecule has 0 saturated heterocycles. The number of hydrogen-bond donors (Lipinski definition) is 0. The number of nitrogens with zero attached hydrogens (tertiary/aromatic N) is 3. The highest BCUT2D eigenvalue weighted by Crippen LogP contribution is 2.37. The van der Waals surface area contributed by atoms with Gasteiger partial charge in [0.05, 0.1) is 23.4 Å². The summed E-state index contributed by atoms with van der Waals surface area (Å²) in [6, 6.07) is 38.8. The summed E-state index contributed by atoms with van der Waals surface area (Å²) in [6.07, 6.45) is 0. The Morgan fingerprint density at radius 1 is 0.488 bits per heavy atom. The van der Waals surface area contributed by atoms with Crippen LogP contribution in [0, 0.1) is 0 Å². The van der Waals surface area contributed by atoms with E-state index >= 15 is 0 Å². The molecule has 0 spiro atoms. The van der Waals surface area contributed by atoms with Gasteiger partial charge in [0.15, 0.2) is 5.65 Å². The summed E-state index contributed by atoms with van der Waals surface area (Å²) in [6.45, 7) is 0. The first kappa shape index (κ1) is 18.7. The van der Waals surface area contributed by atoms with Crippen molar-refractivity contribution < 1.29 is 6.85 Å². The van der Waals surface area contributed by atoms with Gasteiger partial charge in [0.25, 0.3) is 0 Å². The molecule has 2 aromatic heterocycles. The molecule has 0 bridgehead atoms. The fraction of sp³-hybridized carbons (Fsp3) is 0. The monoisotopic (exact) mass is 528 g/mol. The van der Waals surface area contributed by atoms with Gasteiger partial charge >= 0.3 is 0 Å². The first-order valence-corrected chi connectivity index (χ1v) is 13.4. The smallest absolute Gasteiger partial charge is 0.165 e. The second kappa shape index (κ2) is 9.58. The molecule has 8 aromatic rings. The lowest BCUT2D eigenvalue weighted by atomic mass is 9.93. The van der Waals surface area contributed by atoms with E-state index in [0.717, 1.165) is 38.8 Å². The molecule has 41 heavy (non-hydrogen) atoms. The van der Waals surface area contributed by atoms with Gasteiger partial charge in [-0.1, -0.05) is 97.0 Å². The number of benzene rings is 6. The summed E-state index contributed by atoms with van der Waals surface area (Å²) in [4.78, 5) is 9.93. The zero-order chi connectivity index (χ0) is 31.5. The highest BCUT2D eigenvalue weighted by molar-refractivity contribution is 6.09. The lowest BCUT2D eigenvalue weighted by molar-refractivity contribution is 1.14. The third kappa shape index (κ3) is 4.07. The second-order valence-electron chi connectivity index (χ2n) is 9.96. The van der Waals surface area contributed by atoms with Gasteiger partial charge in [-0.05, 0) is 87.9 Å². The Morgan fingerprint density at radius 3 is 1.68 bits per heavy atom. The van der Waals surface area contributed by atoms with Crippen LogP contribution in [0.25, 0.3) is 72.2 Å². The first-order chi connectivity index (χ1) is 22.4. The Labute approximate surface area is 245 Å². The molecule has 0 radical (unpaired) electrons. The van der Waals surface area contributed by atoms with E-state index in [2.05, 4.69) is 48.5 Å². The van der Waals surface area contributed by atoms with Crippen LogP contribution >= 0.6 is 0 Å². The molecule has 0 N–H and O–H groups in total. The van der Waals surface area contributed by atoms with Gasteiger partial charge in [0.2, 0.25) is 0 Å². The predicted octanol–water partition coefficient (Wildman–Crippen LogP) is 9.73. The quantitative estimate of drug-likeness (QED) is 0.228. The van der Waals surface area contributed by atoms with E-state index < -0.39 is 18.1 Å². The molecular formula is C38H25N3. The highest BCUT2D eigenvalue weighted by Gasteiger charge is 2.17. The predicted molar refractivity (Wildman–Crippen MR) is 170 cm³/mol. The van der Waals surface area contributed by atoms with Gasteiger partial charge in [-0.3, -0.25) is 4.57 Å². The molecule has 0 aliphatic heterocycles. The molecule has 0 unspecified atom stereocenters. The molecule has 0 atom stereocenters. The summed E-state index contributed by atoms with van der Waals surface area (Å²) in [5.41, 5.74) is 9.42. The van der Waals surface area contributed by atoms with E-state index in [9.17, 15) is 0 Å². The maximum Gasteiger partial charge on any atom is 0.165 e. The van der Waals surface area contributed by atoms with Crippen molar-refractivity contribution in [2.24, 2.45) is 0 Å². The van der Waals surface area contributed by atoms with Gasteiger partial charge in [-0.2, -0.15) is 0 Å². The zero-order valence-electron chi connectivity index (χ0n) is 26.9. The topological polar surface area (TPSA) is 30.7 Å². The molecule has 2 heterocycles. The van der Waals surface area contributed by atoms with Gasteiger partial charge < -0.3 is 0 Å². The summed E-state index contributed by atoms with van der Waals surface area (Å²) in [5, 5.41) is 0.768. The standard InChI is InChI=1S/C38H25N3/c1-4-12-26(13-5-1)29-22-30(27-14-6-2-7-15-27)24-31(23-29)28-20-21-36-33(25-28)37-38(41(36)32-16-8-3-9-17-32)40-35-19-11-10-18-34(35)39-37/h1-25H/i3D,8D,9D,16D,17D. The van der Waals surface area contributed by atoms with Crippen LogP contribution in [-0.2, 0) is 0 Å². The normalized spacial score (nSPS) is 13.1. The van der Waals surface area contributed by atoms with Crippen LogP contribution < -0.4 is 0 Å². The van der Waals surface area contributed by atoms with E-state index in [4.69, 9.17) is 16.8 Å². The highest BCUT2D eigenvalue weighted by atomic mass is 15.1. The summed E-state index contributed by atoms with van der Waals surface area (Å²) in [7, 11) is 0. The zero-order valence-corrected chi connectivity index (χ0v) is 21.9. The summed E-state index contributed by atoms with van der Waals surface area (Å²) >= 11 is 0. The average Bonchev–Trinajstić information content (AvgIpc) is 3.41. The van der Waals surface area contributed by atoms with Crippen LogP contribution in [0.2, 0.25) is 0 Å². The maximum atomic E-state index is 8.77. The first-order valence-electron chi connectivity index (χ1n) is 15.9. The van der Waals surface area contributed by atoms with Crippen molar-refractivity contribution in [3.8, 4) is 39.1 Å². The van der Waals surface area contributed by atoms with Crippen molar-refractivity contribution in [1.29, 1.82) is 0 Å². The van der Waals surface area contributed by atoms with Crippen LogP contribution in [0.5, 0.6) is 0 Å². The number of fused-ring (bicyclic) bond motifs is 4. The van der Waals surface area contributed by atoms with Crippen LogP contribution in [0.4, 0.5) is 0 Å². The van der Waals surface area contributed by atoms with Gasteiger partial charge in [-0.25, -0.2) is 9.97 Å². The number of aromatic nitrogens is 3. The second-order valence-corrected chi connectivity index (χ2v) is 9.96. The minimum Gasteiger partial charge on any atom is -0.293 e. The van der Waals surface area contributed by atoms with Crippen LogP contribution in [0.3, 0.4) is 0 Å². The van der Waals surface area contributed by atoms with Crippen LogP contribution in [-0.4, -0.2) is 14.5 Å². The number of hydrogen-bond acceptors (Lipinski definition) is 2. The maximum absolute atomic E-state index is 8.77. The van der Waals surface area contributed by atoms with Crippen molar-refractivity contribution in [2.75, 3.05) is 0 Å². The molecule has 192 valence electrons. The van der Waals surface area contributed by atoms with Gasteiger partial charge in [0.1, 0.15) is 5.52 Å². The molecule has 3 heteroatoms. The molecule has 6 aromatic carbocycles. The minimum atomic E-state index is -0.439. The van der Waals surface area contributed by atoms with Gasteiger partial charge in [0, 0.05) is 11.1 Å². The lowest BCUT2D eigenvalue weighted by Crippen LogP contribution is -1.96. The average molecular weight is 529 g/mol. The largest absolute Gasteiger partial charge is 0.293 e. The van der Waals surface area contributed by atoms with Crippen molar-refractivity contribution in [2.45, 2.75) is 0 Å². The molecule has 3 nitrogen and oxygen atoms in total.